The predicted octanol–water partition coefficient (Wildman–Crippen LogP) is 10.0. The van der Waals surface area contributed by atoms with Crippen molar-refractivity contribution in [1.29, 1.82) is 0 Å². The van der Waals surface area contributed by atoms with Gasteiger partial charge in [-0.25, -0.2) is 0 Å². The van der Waals surface area contributed by atoms with Crippen LogP contribution in [0, 0.1) is 0 Å². The van der Waals surface area contributed by atoms with Crippen molar-refractivity contribution in [2.24, 2.45) is 5.73 Å². The maximum Gasteiger partial charge on any atom is 0.121 e. The van der Waals surface area contributed by atoms with Gasteiger partial charge in [0.2, 0.25) is 0 Å². The molecule has 230 valence electrons. The van der Waals surface area contributed by atoms with Gasteiger partial charge in [0.05, 0.1) is 22.4 Å². The fraction of sp³-hybridized carbons (Fsp3) is 0.0476. The number of aromatic nitrogens is 2. The van der Waals surface area contributed by atoms with Gasteiger partial charge in [-0.2, -0.15) is 0 Å². The van der Waals surface area contributed by atoms with Crippen molar-refractivity contribution in [3.63, 3.8) is 0 Å². The molecule has 0 amide bonds. The number of H-pyrrole nitrogens is 2. The third-order valence-corrected chi connectivity index (χ3v) is 8.19. The Labute approximate surface area is 273 Å². The SMILES string of the molecule is NCCOc1ccc2c(-c3ccccc3)c(-c3ccccc3)[nH]c2c1.Oc1ccc2c(-c3ccccc3)c(-c3ccccc3)[nH]c2c1. The van der Waals surface area contributed by atoms with Crippen LogP contribution < -0.4 is 10.5 Å². The number of aromatic hydroxyl groups is 1. The second kappa shape index (κ2) is 13.5. The molecule has 0 unspecified atom stereocenters. The second-order valence-corrected chi connectivity index (χ2v) is 11.3. The largest absolute Gasteiger partial charge is 0.508 e. The standard InChI is InChI=1S/C22H20N2O.C20H15NO/c23-13-14-25-18-11-12-19-20(15-18)24-22(17-9-5-2-6-10-17)21(19)16-7-3-1-4-8-16;22-16-11-12-17-18(13-16)21-20(15-9-5-2-6-10-15)19(17)14-7-3-1-4-8-14/h1-12,15,24H,13-14,23H2;1-13,21-22H. The quantitative estimate of drug-likeness (QED) is 0.144. The van der Waals surface area contributed by atoms with Gasteiger partial charge >= 0.3 is 0 Å². The van der Waals surface area contributed by atoms with Crippen LogP contribution in [0.25, 0.3) is 66.6 Å². The fourth-order valence-corrected chi connectivity index (χ4v) is 6.08. The highest BCUT2D eigenvalue weighted by molar-refractivity contribution is 6.05. The van der Waals surface area contributed by atoms with Crippen molar-refractivity contribution in [3.05, 3.63) is 158 Å². The molecular weight excluding hydrogens is 578 g/mol. The first-order chi connectivity index (χ1) is 23.2. The molecule has 0 bridgehead atoms. The number of benzene rings is 6. The highest BCUT2D eigenvalue weighted by atomic mass is 16.5. The van der Waals surface area contributed by atoms with Crippen molar-refractivity contribution in [3.8, 4) is 56.3 Å². The minimum absolute atomic E-state index is 0.271. The molecular formula is C42H35N3O2. The average Bonchev–Trinajstić information content (AvgIpc) is 3.71. The molecule has 0 aliphatic carbocycles. The third kappa shape index (κ3) is 6.25. The van der Waals surface area contributed by atoms with E-state index in [2.05, 4.69) is 88.8 Å². The summed E-state index contributed by atoms with van der Waals surface area (Å²) in [6.07, 6.45) is 0. The first kappa shape index (κ1) is 29.7. The monoisotopic (exact) mass is 613 g/mol. The number of hydrogen-bond donors (Lipinski definition) is 4. The Morgan fingerprint density at radius 2 is 0.915 bits per heavy atom. The maximum absolute atomic E-state index is 9.75. The lowest BCUT2D eigenvalue weighted by atomic mass is 9.98. The highest BCUT2D eigenvalue weighted by Crippen LogP contribution is 2.40. The van der Waals surface area contributed by atoms with Gasteiger partial charge in [-0.05, 0) is 46.5 Å². The van der Waals surface area contributed by atoms with Gasteiger partial charge in [0, 0.05) is 40.6 Å². The van der Waals surface area contributed by atoms with E-state index < -0.39 is 0 Å². The van der Waals surface area contributed by atoms with Crippen molar-refractivity contribution < 1.29 is 9.84 Å². The van der Waals surface area contributed by atoms with Gasteiger partial charge in [0.25, 0.3) is 0 Å². The molecule has 0 radical (unpaired) electrons. The molecule has 0 fully saturated rings. The second-order valence-electron chi connectivity index (χ2n) is 11.3. The maximum atomic E-state index is 9.75. The molecule has 0 spiro atoms. The number of phenols is 1. The van der Waals surface area contributed by atoms with Crippen molar-refractivity contribution >= 4 is 21.8 Å². The van der Waals surface area contributed by atoms with Crippen LogP contribution in [-0.4, -0.2) is 28.2 Å². The fourth-order valence-electron chi connectivity index (χ4n) is 6.08. The molecule has 5 nitrogen and oxygen atoms in total. The number of fused-ring (bicyclic) bond motifs is 2. The Hall–Kier alpha value is -6.04. The number of phenolic OH excluding ortho intramolecular Hbond substituents is 1. The number of rotatable bonds is 7. The lowest BCUT2D eigenvalue weighted by Gasteiger charge is -2.06. The number of nitrogens with one attached hydrogen (secondary N) is 2. The van der Waals surface area contributed by atoms with Crippen LogP contribution in [0.1, 0.15) is 0 Å². The molecule has 8 rings (SSSR count). The Morgan fingerprint density at radius 1 is 0.489 bits per heavy atom. The smallest absolute Gasteiger partial charge is 0.121 e. The van der Waals surface area contributed by atoms with Crippen LogP contribution in [0.15, 0.2) is 158 Å². The Kier molecular flexibility index (Phi) is 8.54. The number of aromatic amines is 2. The zero-order chi connectivity index (χ0) is 32.0. The molecule has 6 aromatic carbocycles. The summed E-state index contributed by atoms with van der Waals surface area (Å²) in [5, 5.41) is 12.1. The summed E-state index contributed by atoms with van der Waals surface area (Å²) in [5.74, 6) is 1.10. The lowest BCUT2D eigenvalue weighted by Crippen LogP contribution is -2.10. The normalized spacial score (nSPS) is 10.9. The van der Waals surface area contributed by atoms with E-state index >= 15 is 0 Å². The van der Waals surface area contributed by atoms with E-state index in [0.29, 0.717) is 13.2 Å². The Bertz CT molecular complexity index is 2220. The van der Waals surface area contributed by atoms with Gasteiger partial charge < -0.3 is 25.5 Å². The summed E-state index contributed by atoms with van der Waals surface area (Å²) >= 11 is 0. The molecule has 47 heavy (non-hydrogen) atoms. The van der Waals surface area contributed by atoms with E-state index in [1.165, 1.54) is 33.2 Å². The van der Waals surface area contributed by atoms with Gasteiger partial charge in [-0.3, -0.25) is 0 Å². The summed E-state index contributed by atoms with van der Waals surface area (Å²) in [6, 6.07) is 53.1. The molecule has 2 heterocycles. The summed E-state index contributed by atoms with van der Waals surface area (Å²) in [5.41, 5.74) is 16.8. The zero-order valence-electron chi connectivity index (χ0n) is 25.9. The Balaban J connectivity index is 0.000000151. The van der Waals surface area contributed by atoms with E-state index in [9.17, 15) is 5.11 Å². The van der Waals surface area contributed by atoms with Crippen LogP contribution in [-0.2, 0) is 0 Å². The van der Waals surface area contributed by atoms with Gasteiger partial charge in [0.1, 0.15) is 18.1 Å². The van der Waals surface area contributed by atoms with Gasteiger partial charge in [-0.1, -0.05) is 121 Å². The van der Waals surface area contributed by atoms with Crippen molar-refractivity contribution in [2.45, 2.75) is 0 Å². The van der Waals surface area contributed by atoms with Crippen LogP contribution in [0.4, 0.5) is 0 Å². The van der Waals surface area contributed by atoms with E-state index in [1.807, 2.05) is 66.7 Å². The van der Waals surface area contributed by atoms with Crippen LogP contribution in [0.5, 0.6) is 11.5 Å². The minimum Gasteiger partial charge on any atom is -0.508 e. The Morgan fingerprint density at radius 3 is 1.38 bits per heavy atom. The summed E-state index contributed by atoms with van der Waals surface area (Å²) in [6.45, 7) is 1.02. The lowest BCUT2D eigenvalue weighted by molar-refractivity contribution is 0.329. The number of ether oxygens (including phenoxy) is 1. The average molecular weight is 614 g/mol. The molecule has 5 N–H and O–H groups in total. The predicted molar refractivity (Wildman–Crippen MR) is 195 cm³/mol. The van der Waals surface area contributed by atoms with Crippen LogP contribution in [0.3, 0.4) is 0 Å². The molecule has 0 saturated carbocycles. The zero-order valence-corrected chi connectivity index (χ0v) is 25.9. The topological polar surface area (TPSA) is 87.1 Å². The number of hydrogen-bond acceptors (Lipinski definition) is 3. The highest BCUT2D eigenvalue weighted by Gasteiger charge is 2.16. The van der Waals surface area contributed by atoms with E-state index in [4.69, 9.17) is 10.5 Å². The molecule has 0 aliphatic heterocycles. The first-order valence-corrected chi connectivity index (χ1v) is 15.7. The molecule has 0 atom stereocenters. The third-order valence-electron chi connectivity index (χ3n) is 8.19. The van der Waals surface area contributed by atoms with E-state index in [0.717, 1.165) is 39.1 Å². The minimum atomic E-state index is 0.271. The van der Waals surface area contributed by atoms with Crippen molar-refractivity contribution in [2.75, 3.05) is 13.2 Å². The summed E-state index contributed by atoms with van der Waals surface area (Å²) in [4.78, 5) is 7.04. The molecule has 0 saturated heterocycles. The number of nitrogens with two attached hydrogens (primary N) is 1. The summed E-state index contributed by atoms with van der Waals surface area (Å²) < 4.78 is 5.68. The summed E-state index contributed by atoms with van der Waals surface area (Å²) in [7, 11) is 0. The van der Waals surface area contributed by atoms with Gasteiger partial charge in [-0.15, -0.1) is 0 Å². The van der Waals surface area contributed by atoms with Crippen LogP contribution in [0.2, 0.25) is 0 Å². The molecule has 8 aromatic rings. The molecule has 0 aliphatic rings. The van der Waals surface area contributed by atoms with Crippen molar-refractivity contribution in [1.82, 2.24) is 9.97 Å². The molecule has 5 heteroatoms. The molecule has 2 aromatic heterocycles. The first-order valence-electron chi connectivity index (χ1n) is 15.7. The van der Waals surface area contributed by atoms with E-state index in [-0.39, 0.29) is 5.75 Å². The van der Waals surface area contributed by atoms with Crippen LogP contribution >= 0.6 is 0 Å². The van der Waals surface area contributed by atoms with E-state index in [1.54, 1.807) is 12.1 Å². The van der Waals surface area contributed by atoms with Gasteiger partial charge in [0.15, 0.2) is 0 Å².